The van der Waals surface area contributed by atoms with Crippen LogP contribution < -0.4 is 15.0 Å². The van der Waals surface area contributed by atoms with Gasteiger partial charge in [-0.1, -0.05) is 23.2 Å². The SMILES string of the molecule is COC(=O)c1ccc(N2CCOCC2)c(NC(=O)c2cc(Cl)c(OC)c(Cl)c2)c1. The molecule has 1 saturated heterocycles. The van der Waals surface area contributed by atoms with E-state index in [1.807, 2.05) is 0 Å². The summed E-state index contributed by atoms with van der Waals surface area (Å²) in [6.07, 6.45) is 0. The second kappa shape index (κ2) is 9.35. The molecule has 1 heterocycles. The minimum Gasteiger partial charge on any atom is -0.494 e. The van der Waals surface area contributed by atoms with E-state index in [2.05, 4.69) is 10.2 Å². The van der Waals surface area contributed by atoms with Crippen LogP contribution in [0.5, 0.6) is 5.75 Å². The number of morpholine rings is 1. The van der Waals surface area contributed by atoms with Crippen LogP contribution in [0.1, 0.15) is 20.7 Å². The average molecular weight is 439 g/mol. The summed E-state index contributed by atoms with van der Waals surface area (Å²) >= 11 is 12.3. The molecule has 1 amide bonds. The number of rotatable bonds is 5. The number of nitrogens with one attached hydrogen (secondary N) is 1. The van der Waals surface area contributed by atoms with Crippen molar-refractivity contribution in [3.05, 3.63) is 51.5 Å². The number of hydrogen-bond acceptors (Lipinski definition) is 6. The molecule has 7 nitrogen and oxygen atoms in total. The Kier molecular flexibility index (Phi) is 6.84. The number of nitrogens with zero attached hydrogens (tertiary/aromatic N) is 1. The largest absolute Gasteiger partial charge is 0.494 e. The van der Waals surface area contributed by atoms with E-state index >= 15 is 0 Å². The number of carbonyl (C=O) groups excluding carboxylic acids is 2. The lowest BCUT2D eigenvalue weighted by molar-refractivity contribution is 0.0600. The van der Waals surface area contributed by atoms with Gasteiger partial charge in [0.2, 0.25) is 0 Å². The number of methoxy groups -OCH3 is 2. The standard InChI is InChI=1S/C20H20Cl2N2O5/c1-27-18-14(21)9-13(10-15(18)22)19(25)23-16-11-12(20(26)28-2)3-4-17(16)24-5-7-29-8-6-24/h3-4,9-11H,5-8H2,1-2H3,(H,23,25). The zero-order valence-corrected chi connectivity index (χ0v) is 17.5. The zero-order valence-electron chi connectivity index (χ0n) is 16.0. The molecular formula is C20H20Cl2N2O5. The highest BCUT2D eigenvalue weighted by atomic mass is 35.5. The van der Waals surface area contributed by atoms with Crippen LogP contribution in [0, 0.1) is 0 Å². The summed E-state index contributed by atoms with van der Waals surface area (Å²) in [5.41, 5.74) is 1.84. The first-order valence-corrected chi connectivity index (χ1v) is 9.59. The lowest BCUT2D eigenvalue weighted by Crippen LogP contribution is -2.36. The molecule has 0 aliphatic carbocycles. The second-order valence-electron chi connectivity index (χ2n) is 6.25. The van der Waals surface area contributed by atoms with Crippen molar-refractivity contribution in [3.8, 4) is 5.75 Å². The topological polar surface area (TPSA) is 77.1 Å². The lowest BCUT2D eigenvalue weighted by atomic mass is 10.1. The molecule has 0 atom stereocenters. The third kappa shape index (κ3) is 4.75. The minimum absolute atomic E-state index is 0.224. The number of hydrogen-bond donors (Lipinski definition) is 1. The van der Waals surface area contributed by atoms with E-state index in [0.29, 0.717) is 43.3 Å². The lowest BCUT2D eigenvalue weighted by Gasteiger charge is -2.30. The summed E-state index contributed by atoms with van der Waals surface area (Å²) in [5.74, 6) is -0.621. The molecule has 154 valence electrons. The van der Waals surface area contributed by atoms with Crippen molar-refractivity contribution < 1.29 is 23.8 Å². The minimum atomic E-state index is -0.496. The van der Waals surface area contributed by atoms with Crippen LogP contribution >= 0.6 is 23.2 Å². The van der Waals surface area contributed by atoms with Crippen LogP contribution in [0.2, 0.25) is 10.0 Å². The van der Waals surface area contributed by atoms with Gasteiger partial charge in [0.25, 0.3) is 5.91 Å². The van der Waals surface area contributed by atoms with Crippen molar-refractivity contribution in [1.29, 1.82) is 0 Å². The number of anilines is 2. The van der Waals surface area contributed by atoms with E-state index < -0.39 is 11.9 Å². The van der Waals surface area contributed by atoms with E-state index in [9.17, 15) is 9.59 Å². The number of esters is 1. The summed E-state index contributed by atoms with van der Waals surface area (Å²) in [4.78, 5) is 26.9. The van der Waals surface area contributed by atoms with Gasteiger partial charge in [-0.15, -0.1) is 0 Å². The van der Waals surface area contributed by atoms with E-state index in [1.165, 1.54) is 26.4 Å². The van der Waals surface area contributed by atoms with E-state index in [-0.39, 0.29) is 15.6 Å². The van der Waals surface area contributed by atoms with Gasteiger partial charge in [-0.05, 0) is 30.3 Å². The fourth-order valence-corrected chi connectivity index (χ4v) is 3.68. The normalized spacial score (nSPS) is 13.7. The predicted octanol–water partition coefficient (Wildman–Crippen LogP) is 3.88. The maximum absolute atomic E-state index is 12.9. The van der Waals surface area contributed by atoms with Crippen molar-refractivity contribution in [2.75, 3.05) is 50.7 Å². The molecule has 0 saturated carbocycles. The maximum atomic E-state index is 12.9. The van der Waals surface area contributed by atoms with Crippen molar-refractivity contribution >= 4 is 46.5 Å². The molecule has 1 N–H and O–H groups in total. The highest BCUT2D eigenvalue weighted by Gasteiger charge is 2.20. The molecule has 1 aliphatic heterocycles. The number of halogens is 2. The third-order valence-electron chi connectivity index (χ3n) is 4.48. The third-order valence-corrected chi connectivity index (χ3v) is 5.04. The van der Waals surface area contributed by atoms with E-state index in [1.54, 1.807) is 18.2 Å². The zero-order chi connectivity index (χ0) is 21.0. The summed E-state index contributed by atoms with van der Waals surface area (Å²) < 4.78 is 15.3. The number of benzene rings is 2. The van der Waals surface area contributed by atoms with Gasteiger partial charge in [0.05, 0.1) is 54.4 Å². The highest BCUT2D eigenvalue weighted by Crippen LogP contribution is 2.35. The quantitative estimate of drug-likeness (QED) is 0.713. The molecule has 0 aromatic heterocycles. The first kappa shape index (κ1) is 21.2. The van der Waals surface area contributed by atoms with Crippen molar-refractivity contribution in [3.63, 3.8) is 0 Å². The van der Waals surface area contributed by atoms with Gasteiger partial charge in [-0.2, -0.15) is 0 Å². The number of ether oxygens (including phenoxy) is 3. The highest BCUT2D eigenvalue weighted by molar-refractivity contribution is 6.37. The molecule has 1 fully saturated rings. The molecular weight excluding hydrogens is 419 g/mol. The fourth-order valence-electron chi connectivity index (χ4n) is 3.04. The molecule has 0 spiro atoms. The van der Waals surface area contributed by atoms with E-state index in [4.69, 9.17) is 37.4 Å². The van der Waals surface area contributed by atoms with Gasteiger partial charge < -0.3 is 24.4 Å². The Balaban J connectivity index is 1.95. The fraction of sp³-hybridized carbons (Fsp3) is 0.300. The molecule has 2 aromatic rings. The Labute approximate surface area is 178 Å². The molecule has 0 bridgehead atoms. The average Bonchev–Trinajstić information content (AvgIpc) is 2.73. The van der Waals surface area contributed by atoms with Gasteiger partial charge in [0.1, 0.15) is 0 Å². The van der Waals surface area contributed by atoms with Crippen LogP contribution in [-0.4, -0.2) is 52.4 Å². The van der Waals surface area contributed by atoms with E-state index in [0.717, 1.165) is 5.69 Å². The summed E-state index contributed by atoms with van der Waals surface area (Å²) in [6.45, 7) is 2.49. The predicted molar refractivity (Wildman–Crippen MR) is 112 cm³/mol. The molecule has 0 radical (unpaired) electrons. The monoisotopic (exact) mass is 438 g/mol. The Morgan fingerprint density at radius 3 is 2.28 bits per heavy atom. The molecule has 1 aliphatic rings. The van der Waals surface area contributed by atoms with Crippen LogP contribution in [0.4, 0.5) is 11.4 Å². The summed E-state index contributed by atoms with van der Waals surface area (Å²) in [6, 6.07) is 7.97. The number of amides is 1. The Morgan fingerprint density at radius 2 is 1.69 bits per heavy atom. The molecule has 0 unspecified atom stereocenters. The Hall–Kier alpha value is -2.48. The molecule has 3 rings (SSSR count). The first-order valence-electron chi connectivity index (χ1n) is 8.84. The Bertz CT molecular complexity index is 906. The first-order chi connectivity index (χ1) is 13.9. The smallest absolute Gasteiger partial charge is 0.337 e. The van der Waals surface area contributed by atoms with Crippen molar-refractivity contribution in [2.45, 2.75) is 0 Å². The second-order valence-corrected chi connectivity index (χ2v) is 7.06. The van der Waals surface area contributed by atoms with Crippen LogP contribution in [0.15, 0.2) is 30.3 Å². The molecule has 9 heteroatoms. The van der Waals surface area contributed by atoms with Gasteiger partial charge >= 0.3 is 5.97 Å². The summed E-state index contributed by atoms with van der Waals surface area (Å²) in [7, 11) is 2.75. The van der Waals surface area contributed by atoms with Gasteiger partial charge in [-0.25, -0.2) is 4.79 Å². The van der Waals surface area contributed by atoms with Crippen LogP contribution in [-0.2, 0) is 9.47 Å². The summed E-state index contributed by atoms with van der Waals surface area (Å²) in [5, 5.41) is 3.30. The van der Waals surface area contributed by atoms with Crippen molar-refractivity contribution in [2.24, 2.45) is 0 Å². The Morgan fingerprint density at radius 1 is 1.03 bits per heavy atom. The van der Waals surface area contributed by atoms with Gasteiger partial charge in [-0.3, -0.25) is 4.79 Å². The molecule has 29 heavy (non-hydrogen) atoms. The van der Waals surface area contributed by atoms with Gasteiger partial charge in [0, 0.05) is 18.7 Å². The van der Waals surface area contributed by atoms with Crippen LogP contribution in [0.25, 0.3) is 0 Å². The maximum Gasteiger partial charge on any atom is 0.337 e. The molecule has 2 aromatic carbocycles. The van der Waals surface area contributed by atoms with Gasteiger partial charge in [0.15, 0.2) is 5.75 Å². The van der Waals surface area contributed by atoms with Crippen molar-refractivity contribution in [1.82, 2.24) is 0 Å². The van der Waals surface area contributed by atoms with Crippen LogP contribution in [0.3, 0.4) is 0 Å². The number of carbonyl (C=O) groups is 2.